The number of anilines is 1. The first-order chi connectivity index (χ1) is 17.4. The highest BCUT2D eigenvalue weighted by Crippen LogP contribution is 2.27. The van der Waals surface area contributed by atoms with Gasteiger partial charge in [-0.25, -0.2) is 18.4 Å². The van der Waals surface area contributed by atoms with E-state index in [9.17, 15) is 13.5 Å². The van der Waals surface area contributed by atoms with Crippen LogP contribution in [0.15, 0.2) is 83.8 Å². The Morgan fingerprint density at radius 1 is 0.889 bits per heavy atom. The number of hydrogen-bond donors (Lipinski definition) is 2. The molecule has 0 amide bonds. The van der Waals surface area contributed by atoms with Gasteiger partial charge < -0.3 is 10.4 Å². The van der Waals surface area contributed by atoms with E-state index in [0.29, 0.717) is 38.5 Å². The van der Waals surface area contributed by atoms with Crippen molar-refractivity contribution in [3.8, 4) is 5.75 Å². The summed E-state index contributed by atoms with van der Waals surface area (Å²) in [6, 6.07) is 23.7. The molecule has 2 N–H and O–H groups in total. The number of para-hydroxylation sites is 1. The van der Waals surface area contributed by atoms with Crippen LogP contribution >= 0.6 is 0 Å². The summed E-state index contributed by atoms with van der Waals surface area (Å²) in [7, 11) is -3.61. The zero-order valence-corrected chi connectivity index (χ0v) is 20.9. The van der Waals surface area contributed by atoms with Gasteiger partial charge in [-0.15, -0.1) is 0 Å². The second kappa shape index (κ2) is 10.2. The highest BCUT2D eigenvalue weighted by Gasteiger charge is 2.31. The van der Waals surface area contributed by atoms with E-state index in [0.717, 1.165) is 16.7 Å². The Morgan fingerprint density at radius 2 is 1.56 bits per heavy atom. The number of nitrogens with zero attached hydrogens (tertiary/aromatic N) is 4. The molecule has 0 saturated carbocycles. The third-order valence-electron chi connectivity index (χ3n) is 6.59. The van der Waals surface area contributed by atoms with Gasteiger partial charge >= 0.3 is 0 Å². The number of aromatic hydroxyl groups is 1. The van der Waals surface area contributed by atoms with Crippen LogP contribution in [0.5, 0.6) is 5.75 Å². The molecule has 2 heterocycles. The van der Waals surface area contributed by atoms with Crippen LogP contribution in [0.4, 0.5) is 5.82 Å². The number of piperazine rings is 1. The molecule has 186 valence electrons. The average Bonchev–Trinajstić information content (AvgIpc) is 2.92. The van der Waals surface area contributed by atoms with Crippen LogP contribution in [-0.2, 0) is 16.6 Å². The summed E-state index contributed by atoms with van der Waals surface area (Å²) in [6.07, 6.45) is 0. The monoisotopic (exact) mass is 503 g/mol. The number of rotatable bonds is 7. The summed E-state index contributed by atoms with van der Waals surface area (Å²) < 4.78 is 27.5. The average molecular weight is 504 g/mol. The zero-order valence-electron chi connectivity index (χ0n) is 20.1. The number of aromatic nitrogens is 2. The summed E-state index contributed by atoms with van der Waals surface area (Å²) in [5, 5.41) is 13.9. The molecule has 1 fully saturated rings. The molecule has 3 aromatic carbocycles. The smallest absolute Gasteiger partial charge is 0.243 e. The molecule has 5 rings (SSSR count). The SMILES string of the molecule is CC(c1nc(NCc2ccccc2)c2ccccc2n1)N1CCN(S(=O)(=O)c2ccc(O)cc2)CC1. The lowest BCUT2D eigenvalue weighted by Crippen LogP contribution is -2.49. The molecule has 1 aliphatic heterocycles. The van der Waals surface area contributed by atoms with Gasteiger partial charge in [-0.2, -0.15) is 4.31 Å². The van der Waals surface area contributed by atoms with E-state index in [1.165, 1.54) is 34.1 Å². The first kappa shape index (κ1) is 24.2. The number of phenolic OH excluding ortho intramolecular Hbond substituents is 1. The zero-order chi connectivity index (χ0) is 25.1. The van der Waals surface area contributed by atoms with Crippen LogP contribution in [0.2, 0.25) is 0 Å². The molecule has 8 nitrogen and oxygen atoms in total. The topological polar surface area (TPSA) is 98.7 Å². The molecule has 36 heavy (non-hydrogen) atoms. The van der Waals surface area contributed by atoms with E-state index in [1.54, 1.807) is 0 Å². The number of benzene rings is 3. The van der Waals surface area contributed by atoms with Gasteiger partial charge in [0.15, 0.2) is 0 Å². The first-order valence-electron chi connectivity index (χ1n) is 12.0. The second-order valence-electron chi connectivity index (χ2n) is 8.90. The quantitative estimate of drug-likeness (QED) is 0.393. The molecule has 0 aliphatic carbocycles. The van der Waals surface area contributed by atoms with Gasteiger partial charge in [0.05, 0.1) is 16.5 Å². The van der Waals surface area contributed by atoms with Crippen molar-refractivity contribution in [3.05, 3.63) is 90.3 Å². The van der Waals surface area contributed by atoms with E-state index < -0.39 is 10.0 Å². The minimum Gasteiger partial charge on any atom is -0.508 e. The predicted molar refractivity (Wildman–Crippen MR) is 140 cm³/mol. The van der Waals surface area contributed by atoms with Crippen molar-refractivity contribution in [2.75, 3.05) is 31.5 Å². The first-order valence-corrected chi connectivity index (χ1v) is 13.4. The van der Waals surface area contributed by atoms with Crippen LogP contribution in [0.1, 0.15) is 24.4 Å². The van der Waals surface area contributed by atoms with Gasteiger partial charge in [-0.3, -0.25) is 4.90 Å². The Bertz CT molecular complexity index is 1440. The molecule has 0 radical (unpaired) electrons. The summed E-state index contributed by atoms with van der Waals surface area (Å²) in [5.74, 6) is 1.54. The Labute approximate surface area is 211 Å². The van der Waals surface area contributed by atoms with Crippen LogP contribution in [-0.4, -0.2) is 58.9 Å². The van der Waals surface area contributed by atoms with Gasteiger partial charge in [0, 0.05) is 38.1 Å². The summed E-state index contributed by atoms with van der Waals surface area (Å²) in [5.41, 5.74) is 2.04. The molecule has 9 heteroatoms. The maximum atomic E-state index is 13.0. The van der Waals surface area contributed by atoms with Crippen LogP contribution in [0.25, 0.3) is 10.9 Å². The molecule has 1 aromatic heterocycles. The maximum Gasteiger partial charge on any atom is 0.243 e. The minimum absolute atomic E-state index is 0.0422. The van der Waals surface area contributed by atoms with E-state index in [4.69, 9.17) is 9.97 Å². The fraction of sp³-hybridized carbons (Fsp3) is 0.259. The van der Waals surface area contributed by atoms with Crippen molar-refractivity contribution in [1.82, 2.24) is 19.2 Å². The Hall–Kier alpha value is -3.53. The van der Waals surface area contributed by atoms with E-state index in [2.05, 4.69) is 29.3 Å². The lowest BCUT2D eigenvalue weighted by atomic mass is 10.2. The van der Waals surface area contributed by atoms with E-state index >= 15 is 0 Å². The van der Waals surface area contributed by atoms with E-state index in [1.807, 2.05) is 42.5 Å². The number of sulfonamides is 1. The van der Waals surface area contributed by atoms with Crippen molar-refractivity contribution in [2.45, 2.75) is 24.4 Å². The van der Waals surface area contributed by atoms with Crippen LogP contribution in [0.3, 0.4) is 0 Å². The lowest BCUT2D eigenvalue weighted by molar-refractivity contribution is 0.141. The summed E-state index contributed by atoms with van der Waals surface area (Å²) >= 11 is 0. The van der Waals surface area contributed by atoms with Crippen molar-refractivity contribution < 1.29 is 13.5 Å². The second-order valence-corrected chi connectivity index (χ2v) is 10.8. The standard InChI is InChI=1S/C27H29N5O3S/c1-20(31-15-17-32(18-16-31)36(34,35)23-13-11-22(33)12-14-23)26-29-25-10-6-5-9-24(25)27(30-26)28-19-21-7-3-2-4-8-21/h2-14,20,33H,15-19H2,1H3,(H,28,29,30). The van der Waals surface area contributed by atoms with E-state index in [-0.39, 0.29) is 16.7 Å². The Kier molecular flexibility index (Phi) is 6.86. The summed E-state index contributed by atoms with van der Waals surface area (Å²) in [6.45, 7) is 4.61. The molecule has 0 bridgehead atoms. The van der Waals surface area contributed by atoms with Gasteiger partial charge in [0.25, 0.3) is 0 Å². The van der Waals surface area contributed by atoms with Crippen molar-refractivity contribution in [2.24, 2.45) is 0 Å². The minimum atomic E-state index is -3.61. The molecule has 1 saturated heterocycles. The number of hydrogen-bond acceptors (Lipinski definition) is 7. The molecule has 0 spiro atoms. The maximum absolute atomic E-state index is 13.0. The molecule has 1 unspecified atom stereocenters. The van der Waals surface area contributed by atoms with Crippen LogP contribution < -0.4 is 5.32 Å². The fourth-order valence-electron chi connectivity index (χ4n) is 4.46. The van der Waals surface area contributed by atoms with Crippen molar-refractivity contribution in [1.29, 1.82) is 0 Å². The largest absolute Gasteiger partial charge is 0.508 e. The van der Waals surface area contributed by atoms with Gasteiger partial charge in [0.1, 0.15) is 17.4 Å². The lowest BCUT2D eigenvalue weighted by Gasteiger charge is -2.36. The fourth-order valence-corrected chi connectivity index (χ4v) is 5.88. The summed E-state index contributed by atoms with van der Waals surface area (Å²) in [4.78, 5) is 12.1. The molecule has 4 aromatic rings. The highest BCUT2D eigenvalue weighted by atomic mass is 32.2. The van der Waals surface area contributed by atoms with Crippen LogP contribution in [0, 0.1) is 0 Å². The van der Waals surface area contributed by atoms with Crippen molar-refractivity contribution in [3.63, 3.8) is 0 Å². The van der Waals surface area contributed by atoms with Crippen molar-refractivity contribution >= 4 is 26.7 Å². The molecule has 1 aliphatic rings. The van der Waals surface area contributed by atoms with Gasteiger partial charge in [-0.05, 0) is 48.9 Å². The van der Waals surface area contributed by atoms with Gasteiger partial charge in [0.2, 0.25) is 10.0 Å². The molecular weight excluding hydrogens is 474 g/mol. The molecular formula is C27H29N5O3S. The normalized spacial score (nSPS) is 16.1. The van der Waals surface area contributed by atoms with Gasteiger partial charge in [-0.1, -0.05) is 42.5 Å². The highest BCUT2D eigenvalue weighted by molar-refractivity contribution is 7.89. The number of nitrogens with one attached hydrogen (secondary N) is 1. The third kappa shape index (κ3) is 5.04. The Morgan fingerprint density at radius 3 is 2.28 bits per heavy atom. The third-order valence-corrected chi connectivity index (χ3v) is 8.51. The Balaban J connectivity index is 1.32. The predicted octanol–water partition coefficient (Wildman–Crippen LogP) is 4.02. The number of fused-ring (bicyclic) bond motifs is 1. The molecule has 1 atom stereocenters. The number of phenols is 1.